The predicted octanol–water partition coefficient (Wildman–Crippen LogP) is 3.46. The van der Waals surface area contributed by atoms with Gasteiger partial charge in [-0.05, 0) is 35.4 Å². The van der Waals surface area contributed by atoms with Crippen LogP contribution in [0.25, 0.3) is 11.0 Å². The summed E-state index contributed by atoms with van der Waals surface area (Å²) < 4.78 is 3.86. The molecule has 0 radical (unpaired) electrons. The van der Waals surface area contributed by atoms with Crippen LogP contribution in [0, 0.1) is 0 Å². The van der Waals surface area contributed by atoms with E-state index < -0.39 is 0 Å². The topological polar surface area (TPSA) is 48.5 Å². The van der Waals surface area contributed by atoms with Crippen molar-refractivity contribution >= 4 is 22.6 Å². The summed E-state index contributed by atoms with van der Waals surface area (Å²) in [5.74, 6) is 0. The van der Waals surface area contributed by atoms with E-state index in [1.165, 1.54) is 0 Å². The van der Waals surface area contributed by atoms with Crippen LogP contribution in [-0.2, 0) is 7.05 Å². The molecule has 1 atom stereocenters. The molecule has 0 spiro atoms. The third-order valence-corrected chi connectivity index (χ3v) is 4.21. The monoisotopic (exact) mass is 323 g/mol. The Labute approximate surface area is 138 Å². The molecular formula is C17H14ClN5. The number of hydrogen-bond donors (Lipinski definition) is 0. The molecule has 0 aliphatic heterocycles. The summed E-state index contributed by atoms with van der Waals surface area (Å²) in [5.41, 5.74) is 4.17. The number of hydrogen-bond acceptors (Lipinski definition) is 3. The maximum Gasteiger partial charge on any atom is 0.113 e. The van der Waals surface area contributed by atoms with Crippen molar-refractivity contribution in [3.8, 4) is 0 Å². The first-order valence-corrected chi connectivity index (χ1v) is 7.62. The molecular weight excluding hydrogens is 310 g/mol. The van der Waals surface area contributed by atoms with E-state index >= 15 is 0 Å². The number of rotatable bonds is 3. The Balaban J connectivity index is 1.89. The zero-order valence-corrected chi connectivity index (χ0v) is 13.2. The fourth-order valence-corrected chi connectivity index (χ4v) is 2.95. The van der Waals surface area contributed by atoms with Gasteiger partial charge in [0.2, 0.25) is 0 Å². The third-order valence-electron chi connectivity index (χ3n) is 3.96. The molecule has 0 N–H and O–H groups in total. The summed E-state index contributed by atoms with van der Waals surface area (Å²) in [4.78, 5) is 4.19. The smallest absolute Gasteiger partial charge is 0.113 e. The quantitative estimate of drug-likeness (QED) is 0.580. The molecule has 114 valence electrons. The lowest BCUT2D eigenvalue weighted by Gasteiger charge is -2.20. The number of imidazole rings is 1. The first-order chi connectivity index (χ1) is 11.2. The molecule has 0 aliphatic carbocycles. The molecule has 1 unspecified atom stereocenters. The first-order valence-electron chi connectivity index (χ1n) is 7.24. The van der Waals surface area contributed by atoms with Crippen molar-refractivity contribution in [1.82, 2.24) is 24.5 Å². The molecule has 6 heteroatoms. The Morgan fingerprint density at radius 2 is 1.83 bits per heavy atom. The Hall–Kier alpha value is -2.66. The van der Waals surface area contributed by atoms with Gasteiger partial charge in [0, 0.05) is 24.5 Å². The van der Waals surface area contributed by atoms with Gasteiger partial charge in [-0.25, -0.2) is 9.67 Å². The Morgan fingerprint density at radius 3 is 2.57 bits per heavy atom. The van der Waals surface area contributed by atoms with Crippen molar-refractivity contribution in [3.05, 3.63) is 77.3 Å². The minimum atomic E-state index is 0.0223. The van der Waals surface area contributed by atoms with Gasteiger partial charge in [0.15, 0.2) is 0 Å². The van der Waals surface area contributed by atoms with Crippen molar-refractivity contribution in [3.63, 3.8) is 0 Å². The van der Waals surface area contributed by atoms with Crippen LogP contribution in [0.2, 0.25) is 5.02 Å². The second-order valence-corrected chi connectivity index (χ2v) is 5.86. The number of aryl methyl sites for hydroxylation is 1. The molecule has 23 heavy (non-hydrogen) atoms. The van der Waals surface area contributed by atoms with Crippen LogP contribution in [0.3, 0.4) is 0 Å². The highest BCUT2D eigenvalue weighted by Gasteiger charge is 2.17. The molecule has 5 nitrogen and oxygen atoms in total. The van der Waals surface area contributed by atoms with Crippen LogP contribution in [-0.4, -0.2) is 24.5 Å². The molecule has 0 saturated carbocycles. The summed E-state index contributed by atoms with van der Waals surface area (Å²) in [6, 6.07) is 14.1. The lowest BCUT2D eigenvalue weighted by atomic mass is 9.98. The Kier molecular flexibility index (Phi) is 3.35. The van der Waals surface area contributed by atoms with Crippen molar-refractivity contribution < 1.29 is 0 Å². The average molecular weight is 324 g/mol. The summed E-state index contributed by atoms with van der Waals surface area (Å²) in [6.45, 7) is 0. The van der Waals surface area contributed by atoms with Gasteiger partial charge in [-0.2, -0.15) is 0 Å². The van der Waals surface area contributed by atoms with Crippen molar-refractivity contribution in [2.45, 2.75) is 6.04 Å². The second kappa shape index (κ2) is 5.52. The van der Waals surface area contributed by atoms with Gasteiger partial charge in [0.05, 0.1) is 17.9 Å². The standard InChI is InChI=1S/C17H14ClN5/c1-22-16-10-13(4-7-15(16)20-21-22)17(23-9-8-19-11-23)12-2-5-14(18)6-3-12/h2-11,17H,1H3. The van der Waals surface area contributed by atoms with E-state index in [4.69, 9.17) is 11.6 Å². The molecule has 0 fully saturated rings. The number of nitrogens with zero attached hydrogens (tertiary/aromatic N) is 5. The summed E-state index contributed by atoms with van der Waals surface area (Å²) >= 11 is 6.03. The van der Waals surface area contributed by atoms with E-state index in [1.807, 2.05) is 49.9 Å². The van der Waals surface area contributed by atoms with Crippen LogP contribution in [0.4, 0.5) is 0 Å². The van der Waals surface area contributed by atoms with Crippen LogP contribution in [0.15, 0.2) is 61.2 Å². The largest absolute Gasteiger partial charge is 0.326 e. The number of aromatic nitrogens is 5. The first kappa shape index (κ1) is 14.0. The van der Waals surface area contributed by atoms with E-state index in [9.17, 15) is 0 Å². The predicted molar refractivity (Wildman–Crippen MR) is 89.4 cm³/mol. The molecule has 0 saturated heterocycles. The van der Waals surface area contributed by atoms with Gasteiger partial charge >= 0.3 is 0 Å². The fraction of sp³-hybridized carbons (Fsp3) is 0.118. The van der Waals surface area contributed by atoms with Crippen LogP contribution >= 0.6 is 11.6 Å². The number of fused-ring (bicyclic) bond motifs is 1. The zero-order valence-electron chi connectivity index (χ0n) is 12.5. The molecule has 2 aromatic carbocycles. The highest BCUT2D eigenvalue weighted by atomic mass is 35.5. The third kappa shape index (κ3) is 2.49. The minimum Gasteiger partial charge on any atom is -0.326 e. The van der Waals surface area contributed by atoms with Crippen LogP contribution in [0.1, 0.15) is 17.2 Å². The highest BCUT2D eigenvalue weighted by molar-refractivity contribution is 6.30. The summed E-state index contributed by atoms with van der Waals surface area (Å²) in [5, 5.41) is 8.94. The van der Waals surface area contributed by atoms with E-state index in [1.54, 1.807) is 10.9 Å². The molecule has 0 amide bonds. The van der Waals surface area contributed by atoms with Gasteiger partial charge in [0.25, 0.3) is 0 Å². The van der Waals surface area contributed by atoms with Gasteiger partial charge in [-0.15, -0.1) is 5.10 Å². The molecule has 4 aromatic rings. The van der Waals surface area contributed by atoms with Gasteiger partial charge in [-0.1, -0.05) is 35.0 Å². The molecule has 0 aliphatic rings. The Bertz CT molecular complexity index is 941. The average Bonchev–Trinajstić information content (AvgIpc) is 3.21. The van der Waals surface area contributed by atoms with Gasteiger partial charge < -0.3 is 4.57 Å². The summed E-state index contributed by atoms with van der Waals surface area (Å²) in [7, 11) is 1.90. The summed E-state index contributed by atoms with van der Waals surface area (Å²) in [6.07, 6.45) is 5.57. The Morgan fingerprint density at radius 1 is 1.04 bits per heavy atom. The van der Waals surface area contributed by atoms with Crippen molar-refractivity contribution in [1.29, 1.82) is 0 Å². The van der Waals surface area contributed by atoms with E-state index in [2.05, 4.69) is 32.0 Å². The van der Waals surface area contributed by atoms with E-state index in [-0.39, 0.29) is 6.04 Å². The lowest BCUT2D eigenvalue weighted by Crippen LogP contribution is -2.10. The van der Waals surface area contributed by atoms with Gasteiger partial charge in [0.1, 0.15) is 5.52 Å². The maximum atomic E-state index is 6.03. The van der Waals surface area contributed by atoms with Crippen molar-refractivity contribution in [2.75, 3.05) is 0 Å². The molecule has 2 heterocycles. The fourth-order valence-electron chi connectivity index (χ4n) is 2.82. The zero-order chi connectivity index (χ0) is 15.8. The molecule has 4 rings (SSSR count). The van der Waals surface area contributed by atoms with Crippen LogP contribution in [0.5, 0.6) is 0 Å². The lowest BCUT2D eigenvalue weighted by molar-refractivity contribution is 0.676. The van der Waals surface area contributed by atoms with E-state index in [0.29, 0.717) is 0 Å². The SMILES string of the molecule is Cn1nnc2ccc(C(c3ccc(Cl)cc3)n3ccnc3)cc21. The van der Waals surface area contributed by atoms with Gasteiger partial charge in [-0.3, -0.25) is 0 Å². The highest BCUT2D eigenvalue weighted by Crippen LogP contribution is 2.29. The van der Waals surface area contributed by atoms with Crippen molar-refractivity contribution in [2.24, 2.45) is 7.05 Å². The number of benzene rings is 2. The molecule has 0 bridgehead atoms. The molecule has 2 aromatic heterocycles. The minimum absolute atomic E-state index is 0.0223. The normalized spacial score (nSPS) is 12.6. The number of halogens is 1. The maximum absolute atomic E-state index is 6.03. The van der Waals surface area contributed by atoms with E-state index in [0.717, 1.165) is 27.2 Å². The van der Waals surface area contributed by atoms with Crippen LogP contribution < -0.4 is 0 Å². The second-order valence-electron chi connectivity index (χ2n) is 5.43.